The maximum Gasteiger partial charge on any atom is 0.252 e. The predicted molar refractivity (Wildman–Crippen MR) is 81.6 cm³/mol. The summed E-state index contributed by atoms with van der Waals surface area (Å²) in [4.78, 5) is 12.5. The van der Waals surface area contributed by atoms with Crippen LogP contribution >= 0.6 is 0 Å². The molecule has 3 rings (SSSR count). The second-order valence-corrected chi connectivity index (χ2v) is 5.53. The first-order valence-corrected chi connectivity index (χ1v) is 7.28. The van der Waals surface area contributed by atoms with Crippen LogP contribution in [0.4, 0.5) is 0 Å². The minimum absolute atomic E-state index is 0.0205. The standard InChI is InChI=1S/C17H20N2O/c18-11-13-7-4-10-16(13)19-17(20)15-9-3-6-12-5-1-2-8-14(12)15/h1-3,5-6,8-9,13,16H,4,7,10-11,18H2,(H,19,20). The van der Waals surface area contributed by atoms with E-state index in [1.165, 1.54) is 0 Å². The molecule has 1 aliphatic rings. The van der Waals surface area contributed by atoms with Gasteiger partial charge in [0.25, 0.3) is 5.91 Å². The van der Waals surface area contributed by atoms with Gasteiger partial charge < -0.3 is 11.1 Å². The summed E-state index contributed by atoms with van der Waals surface area (Å²) in [6.07, 6.45) is 3.32. The largest absolute Gasteiger partial charge is 0.349 e. The van der Waals surface area contributed by atoms with Crippen molar-refractivity contribution in [1.29, 1.82) is 0 Å². The number of carbonyl (C=O) groups is 1. The van der Waals surface area contributed by atoms with Crippen LogP contribution in [0.15, 0.2) is 42.5 Å². The first-order chi connectivity index (χ1) is 9.79. The Labute approximate surface area is 119 Å². The Balaban J connectivity index is 1.86. The van der Waals surface area contributed by atoms with Gasteiger partial charge in [0.2, 0.25) is 0 Å². The van der Waals surface area contributed by atoms with Crippen molar-refractivity contribution in [1.82, 2.24) is 5.32 Å². The van der Waals surface area contributed by atoms with Gasteiger partial charge >= 0.3 is 0 Å². The lowest BCUT2D eigenvalue weighted by Crippen LogP contribution is -2.39. The summed E-state index contributed by atoms with van der Waals surface area (Å²) in [6.45, 7) is 0.653. The molecule has 1 fully saturated rings. The van der Waals surface area contributed by atoms with Crippen molar-refractivity contribution in [2.45, 2.75) is 25.3 Å². The van der Waals surface area contributed by atoms with Crippen LogP contribution in [0.2, 0.25) is 0 Å². The third-order valence-electron chi connectivity index (χ3n) is 4.31. The highest BCUT2D eigenvalue weighted by Gasteiger charge is 2.27. The predicted octanol–water partition coefficient (Wildman–Crippen LogP) is 2.70. The lowest BCUT2D eigenvalue weighted by Gasteiger charge is -2.20. The Morgan fingerprint density at radius 1 is 1.15 bits per heavy atom. The smallest absolute Gasteiger partial charge is 0.252 e. The number of fused-ring (bicyclic) bond motifs is 1. The summed E-state index contributed by atoms with van der Waals surface area (Å²) in [5.41, 5.74) is 6.53. The second-order valence-electron chi connectivity index (χ2n) is 5.53. The fourth-order valence-electron chi connectivity index (χ4n) is 3.18. The number of nitrogens with two attached hydrogens (primary N) is 1. The molecule has 0 aromatic heterocycles. The van der Waals surface area contributed by atoms with Crippen LogP contribution in [0.3, 0.4) is 0 Å². The van der Waals surface area contributed by atoms with Gasteiger partial charge in [0.05, 0.1) is 0 Å². The highest BCUT2D eigenvalue weighted by Crippen LogP contribution is 2.25. The quantitative estimate of drug-likeness (QED) is 0.899. The topological polar surface area (TPSA) is 55.1 Å². The zero-order valence-corrected chi connectivity index (χ0v) is 11.5. The molecular weight excluding hydrogens is 248 g/mol. The van der Waals surface area contributed by atoms with Gasteiger partial charge in [-0.1, -0.05) is 42.8 Å². The molecule has 3 heteroatoms. The molecule has 2 unspecified atom stereocenters. The molecule has 1 aliphatic carbocycles. The summed E-state index contributed by atoms with van der Waals surface area (Å²) in [6, 6.07) is 14.1. The number of hydrogen-bond acceptors (Lipinski definition) is 2. The van der Waals surface area contributed by atoms with Crippen molar-refractivity contribution >= 4 is 16.7 Å². The van der Waals surface area contributed by atoms with E-state index in [1.54, 1.807) is 0 Å². The molecule has 20 heavy (non-hydrogen) atoms. The van der Waals surface area contributed by atoms with Crippen LogP contribution in [0.1, 0.15) is 29.6 Å². The highest BCUT2D eigenvalue weighted by molar-refractivity contribution is 6.07. The normalized spacial score (nSPS) is 22.1. The maximum absolute atomic E-state index is 12.5. The lowest BCUT2D eigenvalue weighted by molar-refractivity contribution is 0.0930. The molecule has 1 amide bonds. The van der Waals surface area contributed by atoms with Gasteiger partial charge in [-0.3, -0.25) is 4.79 Å². The van der Waals surface area contributed by atoms with E-state index in [4.69, 9.17) is 5.73 Å². The molecule has 0 bridgehead atoms. The minimum atomic E-state index is 0.0205. The van der Waals surface area contributed by atoms with Crippen molar-refractivity contribution in [2.75, 3.05) is 6.54 Å². The summed E-state index contributed by atoms with van der Waals surface area (Å²) < 4.78 is 0. The van der Waals surface area contributed by atoms with Crippen molar-refractivity contribution in [2.24, 2.45) is 11.7 Å². The molecule has 0 aliphatic heterocycles. The van der Waals surface area contributed by atoms with Crippen LogP contribution < -0.4 is 11.1 Å². The lowest BCUT2D eigenvalue weighted by atomic mass is 10.0. The van der Waals surface area contributed by atoms with E-state index in [0.29, 0.717) is 12.5 Å². The first kappa shape index (κ1) is 13.1. The Morgan fingerprint density at radius 2 is 1.95 bits per heavy atom. The van der Waals surface area contributed by atoms with E-state index in [2.05, 4.69) is 5.32 Å². The molecule has 2 aromatic carbocycles. The zero-order valence-electron chi connectivity index (χ0n) is 11.5. The summed E-state index contributed by atoms with van der Waals surface area (Å²) in [5, 5.41) is 5.28. The molecule has 2 atom stereocenters. The molecule has 0 heterocycles. The van der Waals surface area contributed by atoms with Crippen molar-refractivity contribution < 1.29 is 4.79 Å². The van der Waals surface area contributed by atoms with Crippen LogP contribution in [-0.2, 0) is 0 Å². The fraction of sp³-hybridized carbons (Fsp3) is 0.353. The van der Waals surface area contributed by atoms with E-state index in [9.17, 15) is 4.79 Å². The monoisotopic (exact) mass is 268 g/mol. The first-order valence-electron chi connectivity index (χ1n) is 7.28. The maximum atomic E-state index is 12.5. The number of carbonyl (C=O) groups excluding carboxylic acids is 1. The highest BCUT2D eigenvalue weighted by atomic mass is 16.1. The molecule has 3 nitrogen and oxygen atoms in total. The third-order valence-corrected chi connectivity index (χ3v) is 4.31. The van der Waals surface area contributed by atoms with Gasteiger partial charge in [-0.2, -0.15) is 0 Å². The van der Waals surface area contributed by atoms with Crippen molar-refractivity contribution in [3.8, 4) is 0 Å². The van der Waals surface area contributed by atoms with E-state index >= 15 is 0 Å². The SMILES string of the molecule is NCC1CCCC1NC(=O)c1cccc2ccccc12. The van der Waals surface area contributed by atoms with Gasteiger partial charge in [0, 0.05) is 11.6 Å². The van der Waals surface area contributed by atoms with E-state index in [1.807, 2.05) is 42.5 Å². The number of rotatable bonds is 3. The summed E-state index contributed by atoms with van der Waals surface area (Å²) in [7, 11) is 0. The molecule has 104 valence electrons. The zero-order chi connectivity index (χ0) is 13.9. The van der Waals surface area contributed by atoms with Crippen LogP contribution in [0.5, 0.6) is 0 Å². The van der Waals surface area contributed by atoms with Crippen molar-refractivity contribution in [3.63, 3.8) is 0 Å². The average molecular weight is 268 g/mol. The Kier molecular flexibility index (Phi) is 3.70. The Hall–Kier alpha value is -1.87. The van der Waals surface area contributed by atoms with Gasteiger partial charge in [0.15, 0.2) is 0 Å². The van der Waals surface area contributed by atoms with Crippen LogP contribution in [0.25, 0.3) is 10.8 Å². The van der Waals surface area contributed by atoms with Crippen LogP contribution in [-0.4, -0.2) is 18.5 Å². The Morgan fingerprint density at radius 3 is 2.80 bits per heavy atom. The van der Waals surface area contributed by atoms with E-state index in [0.717, 1.165) is 35.6 Å². The Bertz CT molecular complexity index is 618. The molecule has 3 N–H and O–H groups in total. The molecule has 0 radical (unpaired) electrons. The summed E-state index contributed by atoms with van der Waals surface area (Å²) >= 11 is 0. The van der Waals surface area contributed by atoms with E-state index < -0.39 is 0 Å². The van der Waals surface area contributed by atoms with Gasteiger partial charge in [0.1, 0.15) is 0 Å². The van der Waals surface area contributed by atoms with E-state index in [-0.39, 0.29) is 11.9 Å². The molecule has 0 spiro atoms. The minimum Gasteiger partial charge on any atom is -0.349 e. The van der Waals surface area contributed by atoms with Gasteiger partial charge in [-0.05, 0) is 42.1 Å². The molecule has 0 saturated heterocycles. The summed E-state index contributed by atoms with van der Waals surface area (Å²) in [5.74, 6) is 0.445. The third kappa shape index (κ3) is 2.41. The van der Waals surface area contributed by atoms with Crippen LogP contribution in [0, 0.1) is 5.92 Å². The number of benzene rings is 2. The number of hydrogen-bond donors (Lipinski definition) is 2. The molecule has 1 saturated carbocycles. The average Bonchev–Trinajstić information content (AvgIpc) is 2.93. The van der Waals surface area contributed by atoms with Gasteiger partial charge in [-0.15, -0.1) is 0 Å². The number of amides is 1. The van der Waals surface area contributed by atoms with Crippen molar-refractivity contribution in [3.05, 3.63) is 48.0 Å². The second kappa shape index (κ2) is 5.63. The fourth-order valence-corrected chi connectivity index (χ4v) is 3.18. The molecule has 2 aromatic rings. The number of nitrogens with one attached hydrogen (secondary N) is 1. The molecular formula is C17H20N2O. The van der Waals surface area contributed by atoms with Gasteiger partial charge in [-0.25, -0.2) is 0 Å².